The van der Waals surface area contributed by atoms with E-state index < -0.39 is 11.0 Å². The number of morpholine rings is 1. The van der Waals surface area contributed by atoms with Gasteiger partial charge in [0.25, 0.3) is 11.6 Å². The van der Waals surface area contributed by atoms with Crippen LogP contribution in [0.1, 0.15) is 22.2 Å². The Balaban J connectivity index is 1.63. The molecule has 10 heteroatoms. The Labute approximate surface area is 165 Å². The number of rotatable bonds is 5. The van der Waals surface area contributed by atoms with Gasteiger partial charge in [0, 0.05) is 23.9 Å². The third-order valence-corrected chi connectivity index (χ3v) is 4.63. The zero-order valence-electron chi connectivity index (χ0n) is 15.3. The Kier molecular flexibility index (Phi) is 5.16. The van der Waals surface area contributed by atoms with Gasteiger partial charge in [-0.1, -0.05) is 18.2 Å². The molecule has 2 N–H and O–H groups in total. The number of carbonyl (C=O) groups excluding carboxylic acids is 1. The van der Waals surface area contributed by atoms with Gasteiger partial charge in [-0.25, -0.2) is 4.98 Å². The van der Waals surface area contributed by atoms with E-state index in [0.29, 0.717) is 30.4 Å². The van der Waals surface area contributed by atoms with Gasteiger partial charge in [0.05, 0.1) is 18.1 Å². The average Bonchev–Trinajstić information content (AvgIpc) is 3.29. The lowest BCUT2D eigenvalue weighted by Crippen LogP contribution is -2.43. The first-order valence-electron chi connectivity index (χ1n) is 8.98. The number of anilines is 2. The van der Waals surface area contributed by atoms with E-state index in [9.17, 15) is 14.9 Å². The molecule has 0 saturated carbocycles. The van der Waals surface area contributed by atoms with Crippen molar-refractivity contribution in [3.63, 3.8) is 0 Å². The number of para-hydroxylation sites is 1. The fraction of sp³-hybridized carbons (Fsp3) is 0.211. The van der Waals surface area contributed by atoms with Crippen molar-refractivity contribution in [2.75, 3.05) is 25.1 Å². The summed E-state index contributed by atoms with van der Waals surface area (Å²) in [6.07, 6.45) is 1.36. The van der Waals surface area contributed by atoms with Gasteiger partial charge in [-0.3, -0.25) is 20.0 Å². The lowest BCUT2D eigenvalue weighted by atomic mass is 10.1. The van der Waals surface area contributed by atoms with Crippen molar-refractivity contribution < 1.29 is 14.5 Å². The minimum absolute atomic E-state index is 0.177. The van der Waals surface area contributed by atoms with Gasteiger partial charge >= 0.3 is 0 Å². The largest absolute Gasteiger partial charge is 0.377 e. The first-order chi connectivity index (χ1) is 14.1. The second-order valence-electron chi connectivity index (χ2n) is 6.44. The molecule has 0 spiro atoms. The number of carbonyl (C=O) groups is 1. The summed E-state index contributed by atoms with van der Waals surface area (Å²) >= 11 is 0. The van der Waals surface area contributed by atoms with Crippen molar-refractivity contribution in [2.24, 2.45) is 0 Å². The number of hydrogen-bond donors (Lipinski definition) is 2. The summed E-state index contributed by atoms with van der Waals surface area (Å²) in [5, 5.41) is 21.2. The van der Waals surface area contributed by atoms with E-state index in [0.717, 1.165) is 0 Å². The van der Waals surface area contributed by atoms with Gasteiger partial charge in [-0.15, -0.1) is 0 Å². The molecule has 1 saturated heterocycles. The summed E-state index contributed by atoms with van der Waals surface area (Å²) in [6, 6.07) is 13.1. The van der Waals surface area contributed by atoms with E-state index in [1.807, 2.05) is 18.2 Å². The fourth-order valence-corrected chi connectivity index (χ4v) is 3.21. The number of nitro benzene ring substituents is 1. The monoisotopic (exact) mass is 394 g/mol. The zero-order valence-corrected chi connectivity index (χ0v) is 15.3. The molecule has 1 aliphatic heterocycles. The molecule has 2 heterocycles. The third kappa shape index (κ3) is 3.92. The summed E-state index contributed by atoms with van der Waals surface area (Å²) in [4.78, 5) is 29.9. The summed E-state index contributed by atoms with van der Waals surface area (Å²) < 4.78 is 5.47. The van der Waals surface area contributed by atoms with Gasteiger partial charge in [0.1, 0.15) is 23.9 Å². The number of amides is 1. The highest BCUT2D eigenvalue weighted by Crippen LogP contribution is 2.30. The Hall–Kier alpha value is -3.79. The molecule has 29 heavy (non-hydrogen) atoms. The quantitative estimate of drug-likeness (QED) is 0.503. The number of benzene rings is 2. The zero-order chi connectivity index (χ0) is 20.2. The van der Waals surface area contributed by atoms with Crippen LogP contribution in [0.5, 0.6) is 0 Å². The smallest absolute Gasteiger partial charge is 0.293 e. The van der Waals surface area contributed by atoms with Crippen LogP contribution in [0.15, 0.2) is 54.9 Å². The standard InChI is InChI=1S/C19H18N6O4/c26-19(24-8-9-29-11-17(24)18-20-12-21-23-18)13-6-7-15(16(10-13)25(27)28)22-14-4-2-1-3-5-14/h1-7,10,12,17,22H,8-9,11H2,(H,20,21,23). The SMILES string of the molecule is O=C(c1ccc(Nc2ccccc2)c([N+](=O)[O-])c1)N1CCOCC1c1ncn[nH]1. The molecule has 1 aliphatic rings. The van der Waals surface area contributed by atoms with E-state index in [2.05, 4.69) is 20.5 Å². The van der Waals surface area contributed by atoms with Crippen LogP contribution in [0.2, 0.25) is 0 Å². The summed E-state index contributed by atoms with van der Waals surface area (Å²) in [6.45, 7) is 1.00. The van der Waals surface area contributed by atoms with Crippen LogP contribution in [0.3, 0.4) is 0 Å². The normalized spacial score (nSPS) is 16.4. The molecule has 4 rings (SSSR count). The van der Waals surface area contributed by atoms with E-state index in [1.54, 1.807) is 29.2 Å². The number of aromatic amines is 1. The molecule has 10 nitrogen and oxygen atoms in total. The number of nitrogens with zero attached hydrogens (tertiary/aromatic N) is 4. The first kappa shape index (κ1) is 18.6. The summed E-state index contributed by atoms with van der Waals surface area (Å²) in [5.74, 6) is 0.180. The van der Waals surface area contributed by atoms with Crippen molar-refractivity contribution >= 4 is 23.0 Å². The van der Waals surface area contributed by atoms with E-state index >= 15 is 0 Å². The van der Waals surface area contributed by atoms with Crippen molar-refractivity contribution in [1.82, 2.24) is 20.1 Å². The van der Waals surface area contributed by atoms with Crippen LogP contribution in [-0.4, -0.2) is 50.7 Å². The minimum Gasteiger partial charge on any atom is -0.377 e. The highest BCUT2D eigenvalue weighted by atomic mass is 16.6. The number of ether oxygens (including phenoxy) is 1. The van der Waals surface area contributed by atoms with Gasteiger partial charge in [-0.2, -0.15) is 5.10 Å². The predicted octanol–water partition coefficient (Wildman–Crippen LogP) is 2.67. The highest BCUT2D eigenvalue weighted by Gasteiger charge is 2.32. The third-order valence-electron chi connectivity index (χ3n) is 4.63. The van der Waals surface area contributed by atoms with Crippen LogP contribution < -0.4 is 5.32 Å². The number of H-pyrrole nitrogens is 1. The molecule has 0 aliphatic carbocycles. The fourth-order valence-electron chi connectivity index (χ4n) is 3.21. The second kappa shape index (κ2) is 8.07. The molecular formula is C19H18N6O4. The second-order valence-corrected chi connectivity index (χ2v) is 6.44. The Morgan fingerprint density at radius 3 is 2.83 bits per heavy atom. The molecule has 1 atom stereocenters. The highest BCUT2D eigenvalue weighted by molar-refractivity contribution is 5.96. The maximum Gasteiger partial charge on any atom is 0.293 e. The van der Waals surface area contributed by atoms with Gasteiger partial charge in [-0.05, 0) is 24.3 Å². The van der Waals surface area contributed by atoms with E-state index in [4.69, 9.17) is 4.74 Å². The van der Waals surface area contributed by atoms with Crippen molar-refractivity contribution in [1.29, 1.82) is 0 Å². The van der Waals surface area contributed by atoms with Gasteiger partial charge in [0.2, 0.25) is 0 Å². The molecule has 148 valence electrons. The molecule has 0 radical (unpaired) electrons. The maximum atomic E-state index is 13.1. The maximum absolute atomic E-state index is 13.1. The molecule has 2 aromatic carbocycles. The van der Waals surface area contributed by atoms with Crippen LogP contribution in [-0.2, 0) is 4.74 Å². The Morgan fingerprint density at radius 1 is 1.28 bits per heavy atom. The van der Waals surface area contributed by atoms with E-state index in [-0.39, 0.29) is 23.8 Å². The lowest BCUT2D eigenvalue weighted by molar-refractivity contribution is -0.383. The number of hydrogen-bond acceptors (Lipinski definition) is 7. The first-order valence-corrected chi connectivity index (χ1v) is 8.98. The van der Waals surface area contributed by atoms with Gasteiger partial charge in [0.15, 0.2) is 0 Å². The Bertz CT molecular complexity index is 1010. The topological polar surface area (TPSA) is 126 Å². The molecule has 1 fully saturated rings. The van der Waals surface area contributed by atoms with Crippen LogP contribution in [0.4, 0.5) is 17.1 Å². The average molecular weight is 394 g/mol. The molecule has 3 aromatic rings. The van der Waals surface area contributed by atoms with Gasteiger partial charge < -0.3 is 15.0 Å². The van der Waals surface area contributed by atoms with Crippen molar-refractivity contribution in [2.45, 2.75) is 6.04 Å². The molecule has 1 aromatic heterocycles. The number of nitro groups is 1. The van der Waals surface area contributed by atoms with Crippen molar-refractivity contribution in [3.05, 3.63) is 76.4 Å². The van der Waals surface area contributed by atoms with Crippen molar-refractivity contribution in [3.8, 4) is 0 Å². The van der Waals surface area contributed by atoms with Crippen LogP contribution >= 0.6 is 0 Å². The Morgan fingerprint density at radius 2 is 2.10 bits per heavy atom. The lowest BCUT2D eigenvalue weighted by Gasteiger charge is -2.34. The number of aromatic nitrogens is 3. The summed E-state index contributed by atoms with van der Waals surface area (Å²) in [5.41, 5.74) is 1.07. The number of nitrogens with one attached hydrogen (secondary N) is 2. The molecule has 1 unspecified atom stereocenters. The molecule has 0 bridgehead atoms. The van der Waals surface area contributed by atoms with Crippen LogP contribution in [0.25, 0.3) is 0 Å². The van der Waals surface area contributed by atoms with E-state index in [1.165, 1.54) is 12.4 Å². The van der Waals surface area contributed by atoms with Crippen LogP contribution in [0, 0.1) is 10.1 Å². The molecular weight excluding hydrogens is 376 g/mol. The minimum atomic E-state index is -0.505. The molecule has 1 amide bonds. The summed E-state index contributed by atoms with van der Waals surface area (Å²) in [7, 11) is 0. The predicted molar refractivity (Wildman–Crippen MR) is 104 cm³/mol.